The van der Waals surface area contributed by atoms with Gasteiger partial charge < -0.3 is 19.3 Å². The predicted octanol–water partition coefficient (Wildman–Crippen LogP) is 6.64. The van der Waals surface area contributed by atoms with Gasteiger partial charge in [0.15, 0.2) is 6.29 Å². The zero-order chi connectivity index (χ0) is 23.8. The van der Waals surface area contributed by atoms with E-state index in [1.807, 2.05) is 66.7 Å². The fourth-order valence-corrected chi connectivity index (χ4v) is 4.81. The topological polar surface area (TPSA) is 47.9 Å². The molecule has 4 nitrogen and oxygen atoms in total. The van der Waals surface area contributed by atoms with E-state index in [9.17, 15) is 5.11 Å². The maximum atomic E-state index is 12.4. The summed E-state index contributed by atoms with van der Waals surface area (Å²) in [6.45, 7) is 3.29. The average Bonchev–Trinajstić information content (AvgIpc) is 2.90. The first-order chi connectivity index (χ1) is 16.6. The Kier molecular flexibility index (Phi) is 8.49. The molecule has 3 unspecified atom stereocenters. The maximum absolute atomic E-state index is 12.4. The summed E-state index contributed by atoms with van der Waals surface area (Å²) >= 11 is 5.75. The van der Waals surface area contributed by atoms with Crippen LogP contribution in [0.3, 0.4) is 0 Å². The van der Waals surface area contributed by atoms with Crippen molar-refractivity contribution >= 4 is 11.6 Å². The van der Waals surface area contributed by atoms with E-state index in [0.717, 1.165) is 60.5 Å². The molecule has 0 saturated carbocycles. The summed E-state index contributed by atoms with van der Waals surface area (Å²) in [7, 11) is 0. The van der Waals surface area contributed by atoms with Crippen molar-refractivity contribution in [1.29, 1.82) is 0 Å². The summed E-state index contributed by atoms with van der Waals surface area (Å²) in [6.07, 6.45) is 3.66. The first kappa shape index (κ1) is 24.6. The van der Waals surface area contributed by atoms with E-state index in [1.54, 1.807) is 0 Å². The largest absolute Gasteiger partial charge is 0.492 e. The monoisotopic (exact) mass is 480 g/mol. The van der Waals surface area contributed by atoms with E-state index in [4.69, 9.17) is 25.8 Å². The van der Waals surface area contributed by atoms with Crippen molar-refractivity contribution < 1.29 is 19.3 Å². The molecular formula is C29H33ClO4. The van der Waals surface area contributed by atoms with Gasteiger partial charge in [-0.25, -0.2) is 0 Å². The first-order valence-electron chi connectivity index (χ1n) is 12.1. The van der Waals surface area contributed by atoms with Crippen LogP contribution in [0.4, 0.5) is 0 Å². The molecule has 0 amide bonds. The zero-order valence-corrected chi connectivity index (χ0v) is 20.4. The molecule has 3 atom stereocenters. The zero-order valence-electron chi connectivity index (χ0n) is 19.7. The minimum Gasteiger partial charge on any atom is -0.492 e. The quantitative estimate of drug-likeness (QED) is 0.330. The first-order valence-corrected chi connectivity index (χ1v) is 12.6. The van der Waals surface area contributed by atoms with Gasteiger partial charge in [-0.15, -0.1) is 11.6 Å². The summed E-state index contributed by atoms with van der Waals surface area (Å²) in [6, 6.07) is 25.6. The molecule has 3 aromatic rings. The molecule has 180 valence electrons. The Morgan fingerprint density at radius 3 is 2.15 bits per heavy atom. The Labute approximate surface area is 207 Å². The van der Waals surface area contributed by atoms with Gasteiger partial charge in [-0.3, -0.25) is 0 Å². The van der Waals surface area contributed by atoms with Crippen LogP contribution in [0.25, 0.3) is 0 Å². The maximum Gasteiger partial charge on any atom is 0.199 e. The lowest BCUT2D eigenvalue weighted by Crippen LogP contribution is -2.35. The van der Waals surface area contributed by atoms with E-state index in [2.05, 4.69) is 19.1 Å². The molecule has 4 rings (SSSR count). The number of aliphatic hydroxyl groups is 1. The molecule has 0 spiro atoms. The second-order valence-corrected chi connectivity index (χ2v) is 9.02. The number of hydrogen-bond donors (Lipinski definition) is 1. The fraction of sp³-hybridized carbons (Fsp3) is 0.379. The molecule has 0 radical (unpaired) electrons. The predicted molar refractivity (Wildman–Crippen MR) is 136 cm³/mol. The highest BCUT2D eigenvalue weighted by Crippen LogP contribution is 2.45. The fourth-order valence-electron chi connectivity index (χ4n) is 4.73. The van der Waals surface area contributed by atoms with Crippen molar-refractivity contribution in [1.82, 2.24) is 0 Å². The summed E-state index contributed by atoms with van der Waals surface area (Å²) in [4.78, 5) is 0. The van der Waals surface area contributed by atoms with Crippen LogP contribution in [-0.2, 0) is 10.3 Å². The van der Waals surface area contributed by atoms with Crippen LogP contribution in [0, 0.1) is 0 Å². The molecule has 0 aromatic heterocycles. The van der Waals surface area contributed by atoms with E-state index >= 15 is 0 Å². The normalized spacial score (nSPS) is 18.6. The molecule has 1 aliphatic heterocycles. The number of ether oxygens (including phenoxy) is 3. The third-order valence-corrected chi connectivity index (χ3v) is 6.61. The number of benzene rings is 3. The van der Waals surface area contributed by atoms with Gasteiger partial charge in [-0.1, -0.05) is 61.5 Å². The Morgan fingerprint density at radius 1 is 0.941 bits per heavy atom. The molecule has 3 aromatic carbocycles. The van der Waals surface area contributed by atoms with Crippen molar-refractivity contribution in [2.45, 2.75) is 50.4 Å². The molecule has 1 aliphatic rings. The number of rotatable bonds is 10. The van der Waals surface area contributed by atoms with Gasteiger partial charge >= 0.3 is 0 Å². The average molecular weight is 481 g/mol. The van der Waals surface area contributed by atoms with Gasteiger partial charge in [0.1, 0.15) is 23.7 Å². The van der Waals surface area contributed by atoms with E-state index < -0.39 is 5.60 Å². The van der Waals surface area contributed by atoms with Gasteiger partial charge in [0.2, 0.25) is 0 Å². The van der Waals surface area contributed by atoms with Crippen LogP contribution in [-0.4, -0.2) is 30.5 Å². The third kappa shape index (κ3) is 5.57. The Morgan fingerprint density at radius 2 is 1.59 bits per heavy atom. The van der Waals surface area contributed by atoms with Crippen molar-refractivity contribution in [2.75, 3.05) is 19.1 Å². The van der Waals surface area contributed by atoms with Crippen LogP contribution in [0.2, 0.25) is 0 Å². The molecule has 1 saturated heterocycles. The molecular weight excluding hydrogens is 448 g/mol. The van der Waals surface area contributed by atoms with Crippen LogP contribution >= 0.6 is 11.6 Å². The second-order valence-electron chi connectivity index (χ2n) is 8.64. The smallest absolute Gasteiger partial charge is 0.199 e. The SMILES string of the molecule is CCC(c1ccccc1)C(O)(c1ccc(OCCCl)cc1)c1ccc(OC2CCCCO2)cc1. The Hall–Kier alpha value is -2.53. The number of halogens is 1. The van der Waals surface area contributed by atoms with E-state index in [0.29, 0.717) is 12.5 Å². The highest BCUT2D eigenvalue weighted by Gasteiger charge is 2.40. The van der Waals surface area contributed by atoms with Gasteiger partial charge in [-0.2, -0.15) is 0 Å². The van der Waals surface area contributed by atoms with Gasteiger partial charge in [0.05, 0.1) is 12.5 Å². The van der Waals surface area contributed by atoms with E-state index in [1.165, 1.54) is 0 Å². The van der Waals surface area contributed by atoms with Crippen LogP contribution in [0.1, 0.15) is 55.2 Å². The van der Waals surface area contributed by atoms with Crippen molar-refractivity contribution in [3.05, 3.63) is 95.6 Å². The van der Waals surface area contributed by atoms with Gasteiger partial charge in [-0.05, 0) is 60.2 Å². The van der Waals surface area contributed by atoms with Crippen molar-refractivity contribution in [3.63, 3.8) is 0 Å². The van der Waals surface area contributed by atoms with Crippen molar-refractivity contribution in [2.24, 2.45) is 0 Å². The minimum atomic E-state index is -1.24. The van der Waals surface area contributed by atoms with Gasteiger partial charge in [0.25, 0.3) is 0 Å². The van der Waals surface area contributed by atoms with Crippen LogP contribution in [0.15, 0.2) is 78.9 Å². The Balaban J connectivity index is 1.68. The molecule has 34 heavy (non-hydrogen) atoms. The molecule has 1 fully saturated rings. The molecule has 0 bridgehead atoms. The molecule has 1 N–H and O–H groups in total. The number of alkyl halides is 1. The molecule has 0 aliphatic carbocycles. The van der Waals surface area contributed by atoms with Gasteiger partial charge in [0, 0.05) is 12.3 Å². The summed E-state index contributed by atoms with van der Waals surface area (Å²) in [5.74, 6) is 1.76. The standard InChI is InChI=1S/C29H33ClO4/c1-2-27(22-8-4-3-5-9-22)29(31,23-11-15-25(16-12-23)32-21-19-30)24-13-17-26(18-14-24)34-28-10-6-7-20-33-28/h3-5,8-9,11-18,27-28,31H,2,6-7,10,19-21H2,1H3. The van der Waals surface area contributed by atoms with Crippen LogP contribution in [0.5, 0.6) is 11.5 Å². The highest BCUT2D eigenvalue weighted by atomic mass is 35.5. The second kappa shape index (κ2) is 11.7. The molecule has 1 heterocycles. The van der Waals surface area contributed by atoms with Crippen molar-refractivity contribution in [3.8, 4) is 11.5 Å². The molecule has 5 heteroatoms. The highest BCUT2D eigenvalue weighted by molar-refractivity contribution is 6.18. The lowest BCUT2D eigenvalue weighted by Gasteiger charge is -2.37. The third-order valence-electron chi connectivity index (χ3n) is 6.45. The van der Waals surface area contributed by atoms with Crippen LogP contribution < -0.4 is 9.47 Å². The summed E-state index contributed by atoms with van der Waals surface area (Å²) in [5, 5.41) is 12.4. The minimum absolute atomic E-state index is 0.142. The lowest BCUT2D eigenvalue weighted by atomic mass is 9.72. The lowest BCUT2D eigenvalue weighted by molar-refractivity contribution is -0.105. The van der Waals surface area contributed by atoms with E-state index in [-0.39, 0.29) is 12.2 Å². The summed E-state index contributed by atoms with van der Waals surface area (Å²) < 4.78 is 17.4. The number of hydrogen-bond acceptors (Lipinski definition) is 4. The Bertz CT molecular complexity index is 1000. The summed E-state index contributed by atoms with van der Waals surface area (Å²) in [5.41, 5.74) is 1.48.